The van der Waals surface area contributed by atoms with Crippen molar-refractivity contribution in [1.82, 2.24) is 14.6 Å². The molecule has 0 spiro atoms. The number of hydrogen-bond acceptors (Lipinski definition) is 6. The second-order valence-electron chi connectivity index (χ2n) is 7.80. The predicted octanol–water partition coefficient (Wildman–Crippen LogP) is 3.23. The minimum Gasteiger partial charge on any atom is -0.497 e. The summed E-state index contributed by atoms with van der Waals surface area (Å²) in [7, 11) is 3.38. The first kappa shape index (κ1) is 19.7. The second kappa shape index (κ2) is 7.65. The van der Waals surface area contributed by atoms with E-state index in [1.165, 1.54) is 5.56 Å². The predicted molar refractivity (Wildman–Crippen MR) is 114 cm³/mol. The molecule has 29 heavy (non-hydrogen) atoms. The highest BCUT2D eigenvalue weighted by Gasteiger charge is 2.28. The molecule has 0 bridgehead atoms. The van der Waals surface area contributed by atoms with Crippen molar-refractivity contribution in [3.8, 4) is 16.9 Å². The topological polar surface area (TPSA) is 77.9 Å². The SMILES string of the molecule is COCC(C)N(N)c1c2c(nc3c(-c4ccc(OC)cc4C)c(C)nn13)CCC2. The summed E-state index contributed by atoms with van der Waals surface area (Å²) in [4.78, 5) is 5.04. The molecule has 0 saturated heterocycles. The lowest BCUT2D eigenvalue weighted by Gasteiger charge is -2.27. The molecular formula is C22H29N5O2. The van der Waals surface area contributed by atoms with Gasteiger partial charge in [-0.1, -0.05) is 6.07 Å². The maximum absolute atomic E-state index is 6.58. The van der Waals surface area contributed by atoms with Crippen molar-refractivity contribution in [3.63, 3.8) is 0 Å². The number of anilines is 1. The van der Waals surface area contributed by atoms with E-state index in [1.54, 1.807) is 19.2 Å². The average molecular weight is 396 g/mol. The van der Waals surface area contributed by atoms with Crippen LogP contribution in [0.1, 0.15) is 35.9 Å². The van der Waals surface area contributed by atoms with Gasteiger partial charge in [-0.3, -0.25) is 5.01 Å². The van der Waals surface area contributed by atoms with Crippen molar-refractivity contribution in [1.29, 1.82) is 0 Å². The molecule has 154 valence electrons. The van der Waals surface area contributed by atoms with Crippen LogP contribution in [0.25, 0.3) is 16.8 Å². The molecule has 1 atom stereocenters. The molecule has 0 fully saturated rings. The van der Waals surface area contributed by atoms with Crippen molar-refractivity contribution in [3.05, 3.63) is 40.7 Å². The normalized spacial score (nSPS) is 14.3. The summed E-state index contributed by atoms with van der Waals surface area (Å²) in [6.07, 6.45) is 3.03. The maximum atomic E-state index is 6.58. The number of aryl methyl sites for hydroxylation is 3. The van der Waals surface area contributed by atoms with Crippen molar-refractivity contribution < 1.29 is 9.47 Å². The first-order valence-corrected chi connectivity index (χ1v) is 10.0. The Hall–Kier alpha value is -2.64. The molecule has 4 rings (SSSR count). The van der Waals surface area contributed by atoms with Gasteiger partial charge in [0.25, 0.3) is 0 Å². The molecule has 2 heterocycles. The van der Waals surface area contributed by atoms with Crippen molar-refractivity contribution in [2.75, 3.05) is 25.8 Å². The Labute approximate surface area is 171 Å². The van der Waals surface area contributed by atoms with Crippen LogP contribution < -0.4 is 15.6 Å². The van der Waals surface area contributed by atoms with Gasteiger partial charge in [-0.2, -0.15) is 9.61 Å². The van der Waals surface area contributed by atoms with Gasteiger partial charge in [-0.05, 0) is 63.3 Å². The third-order valence-corrected chi connectivity index (χ3v) is 5.77. The van der Waals surface area contributed by atoms with Crippen molar-refractivity contribution in [2.45, 2.75) is 46.1 Å². The van der Waals surface area contributed by atoms with E-state index in [0.717, 1.165) is 64.6 Å². The fraction of sp³-hybridized carbons (Fsp3) is 0.455. The van der Waals surface area contributed by atoms with E-state index < -0.39 is 0 Å². The molecule has 2 N–H and O–H groups in total. The van der Waals surface area contributed by atoms with Gasteiger partial charge in [-0.15, -0.1) is 0 Å². The van der Waals surface area contributed by atoms with Crippen molar-refractivity contribution >= 4 is 11.5 Å². The van der Waals surface area contributed by atoms with Gasteiger partial charge in [-0.25, -0.2) is 10.8 Å². The number of rotatable bonds is 6. The molecule has 7 heteroatoms. The Kier molecular flexibility index (Phi) is 5.19. The van der Waals surface area contributed by atoms with Crippen molar-refractivity contribution in [2.24, 2.45) is 5.84 Å². The smallest absolute Gasteiger partial charge is 0.165 e. The monoisotopic (exact) mass is 395 g/mol. The summed E-state index contributed by atoms with van der Waals surface area (Å²) in [5.74, 6) is 8.35. The van der Waals surface area contributed by atoms with Crippen LogP contribution in [0, 0.1) is 13.8 Å². The standard InChI is InChI=1S/C22H29N5O2/c1-13-11-16(29-5)9-10-17(13)20-15(3)25-27-21(20)24-19-8-6-7-18(19)22(27)26(23)14(2)12-28-4/h9-11,14H,6-8,12,23H2,1-5H3. The zero-order chi connectivity index (χ0) is 20.7. The number of nitrogens with two attached hydrogens (primary N) is 1. The molecule has 1 aliphatic carbocycles. The van der Waals surface area contributed by atoms with Gasteiger partial charge in [0.05, 0.1) is 25.5 Å². The lowest BCUT2D eigenvalue weighted by atomic mass is 10.0. The zero-order valence-corrected chi connectivity index (χ0v) is 17.8. The molecule has 1 aromatic carbocycles. The Bertz CT molecular complexity index is 1060. The summed E-state index contributed by atoms with van der Waals surface area (Å²) < 4.78 is 12.6. The molecule has 0 saturated carbocycles. The molecule has 0 amide bonds. The van der Waals surface area contributed by atoms with Gasteiger partial charge in [0.1, 0.15) is 5.75 Å². The van der Waals surface area contributed by atoms with Crippen LogP contribution in [0.15, 0.2) is 18.2 Å². The molecule has 1 unspecified atom stereocenters. The molecule has 7 nitrogen and oxygen atoms in total. The van der Waals surface area contributed by atoms with E-state index in [9.17, 15) is 0 Å². The summed E-state index contributed by atoms with van der Waals surface area (Å²) in [5, 5.41) is 6.67. The van der Waals surface area contributed by atoms with Gasteiger partial charge >= 0.3 is 0 Å². The van der Waals surface area contributed by atoms with Gasteiger partial charge < -0.3 is 9.47 Å². The minimum atomic E-state index is 0.0194. The van der Waals surface area contributed by atoms with Crippen LogP contribution in [-0.2, 0) is 17.6 Å². The Morgan fingerprint density at radius 2 is 2.03 bits per heavy atom. The van der Waals surface area contributed by atoms with Crippen LogP contribution in [0.5, 0.6) is 5.75 Å². The highest BCUT2D eigenvalue weighted by atomic mass is 16.5. The average Bonchev–Trinajstić information content (AvgIpc) is 3.29. The largest absolute Gasteiger partial charge is 0.497 e. The number of nitrogens with zero attached hydrogens (tertiary/aromatic N) is 4. The third kappa shape index (κ3) is 3.24. The molecule has 2 aromatic heterocycles. The van der Waals surface area contributed by atoms with Crippen LogP contribution >= 0.6 is 0 Å². The third-order valence-electron chi connectivity index (χ3n) is 5.77. The Morgan fingerprint density at radius 1 is 1.24 bits per heavy atom. The summed E-state index contributed by atoms with van der Waals surface area (Å²) in [6.45, 7) is 6.72. The Morgan fingerprint density at radius 3 is 2.72 bits per heavy atom. The molecule has 3 aromatic rings. The first-order chi connectivity index (χ1) is 14.0. The summed E-state index contributed by atoms with van der Waals surface area (Å²) >= 11 is 0. The number of hydrazine groups is 1. The number of hydrogen-bond donors (Lipinski definition) is 1. The molecule has 0 radical (unpaired) electrons. The number of fused-ring (bicyclic) bond motifs is 2. The van der Waals surface area contributed by atoms with E-state index in [-0.39, 0.29) is 6.04 Å². The lowest BCUT2D eigenvalue weighted by molar-refractivity contribution is 0.181. The minimum absolute atomic E-state index is 0.0194. The molecular weight excluding hydrogens is 366 g/mol. The van der Waals surface area contributed by atoms with E-state index in [4.69, 9.17) is 25.4 Å². The fourth-order valence-corrected chi connectivity index (χ4v) is 4.27. The number of aromatic nitrogens is 3. The van der Waals surface area contributed by atoms with Crippen LogP contribution in [0.2, 0.25) is 0 Å². The van der Waals surface area contributed by atoms with E-state index in [2.05, 4.69) is 19.9 Å². The van der Waals surface area contributed by atoms with Crippen LogP contribution in [-0.4, -0.2) is 41.5 Å². The van der Waals surface area contributed by atoms with Gasteiger partial charge in [0, 0.05) is 23.9 Å². The second-order valence-corrected chi connectivity index (χ2v) is 7.80. The molecule has 0 aliphatic heterocycles. The number of ether oxygens (including phenoxy) is 2. The number of benzene rings is 1. The number of methoxy groups -OCH3 is 2. The fourth-order valence-electron chi connectivity index (χ4n) is 4.27. The Balaban J connectivity index is 1.96. The summed E-state index contributed by atoms with van der Waals surface area (Å²) in [5.41, 5.74) is 7.40. The van der Waals surface area contributed by atoms with Gasteiger partial charge in [0.2, 0.25) is 0 Å². The van der Waals surface area contributed by atoms with Crippen LogP contribution in [0.4, 0.5) is 5.82 Å². The maximum Gasteiger partial charge on any atom is 0.165 e. The van der Waals surface area contributed by atoms with Crippen LogP contribution in [0.3, 0.4) is 0 Å². The lowest BCUT2D eigenvalue weighted by Crippen LogP contribution is -2.44. The quantitative estimate of drug-likeness (QED) is 0.510. The molecule has 1 aliphatic rings. The summed E-state index contributed by atoms with van der Waals surface area (Å²) in [6, 6.07) is 6.13. The first-order valence-electron chi connectivity index (χ1n) is 10.0. The zero-order valence-electron chi connectivity index (χ0n) is 17.8. The highest BCUT2D eigenvalue weighted by molar-refractivity contribution is 5.83. The van der Waals surface area contributed by atoms with Gasteiger partial charge in [0.15, 0.2) is 11.5 Å². The van der Waals surface area contributed by atoms with E-state index in [0.29, 0.717) is 6.61 Å². The van der Waals surface area contributed by atoms with E-state index >= 15 is 0 Å². The van der Waals surface area contributed by atoms with E-state index in [1.807, 2.05) is 23.6 Å². The highest BCUT2D eigenvalue weighted by Crippen LogP contribution is 2.37.